The van der Waals surface area contributed by atoms with E-state index in [1.807, 2.05) is 0 Å². The van der Waals surface area contributed by atoms with Gasteiger partial charge >= 0.3 is 6.18 Å². The highest BCUT2D eigenvalue weighted by atomic mass is 35.5. The lowest BCUT2D eigenvalue weighted by Crippen LogP contribution is -2.37. The number of hydrogen-bond acceptors (Lipinski definition) is 7. The lowest BCUT2D eigenvalue weighted by atomic mass is 10.1. The molecule has 0 aliphatic heterocycles. The molecule has 0 fully saturated rings. The molecule has 36 heavy (non-hydrogen) atoms. The highest BCUT2D eigenvalue weighted by molar-refractivity contribution is 7.22. The van der Waals surface area contributed by atoms with E-state index in [0.29, 0.717) is 5.52 Å². The second-order valence-corrected chi connectivity index (χ2v) is 8.93. The molecule has 1 N–H and O–H groups in total. The number of carbonyl (C=O) groups is 2. The van der Waals surface area contributed by atoms with Crippen LogP contribution in [-0.4, -0.2) is 69.3 Å². The molecule has 2 aromatic carbocycles. The molecule has 0 aliphatic rings. The predicted molar refractivity (Wildman–Crippen MR) is 130 cm³/mol. The lowest BCUT2D eigenvalue weighted by Gasteiger charge is -2.24. The van der Waals surface area contributed by atoms with Crippen LogP contribution in [0.5, 0.6) is 5.75 Å². The zero-order valence-corrected chi connectivity index (χ0v) is 21.1. The third-order valence-electron chi connectivity index (χ3n) is 5.09. The van der Waals surface area contributed by atoms with Gasteiger partial charge < -0.3 is 19.1 Å². The number of carbonyl (C=O) groups excluding carboxylic acids is 2. The molecule has 1 aromatic heterocycles. The normalized spacial score (nSPS) is 11.5. The second kappa shape index (κ2) is 11.9. The largest absolute Gasteiger partial charge is 0.495 e. The second-order valence-electron chi connectivity index (χ2n) is 7.47. The summed E-state index contributed by atoms with van der Waals surface area (Å²) in [5.74, 6) is -1.15. The van der Waals surface area contributed by atoms with E-state index in [1.54, 1.807) is 0 Å². The Labute approximate surface area is 213 Å². The van der Waals surface area contributed by atoms with Crippen LogP contribution in [-0.2, 0) is 15.7 Å². The molecule has 3 rings (SSSR count). The minimum Gasteiger partial charge on any atom is -0.495 e. The number of benzene rings is 2. The summed E-state index contributed by atoms with van der Waals surface area (Å²) in [6, 6.07) is 5.84. The van der Waals surface area contributed by atoms with Crippen molar-refractivity contribution in [2.45, 2.75) is 6.18 Å². The predicted octanol–water partition coefficient (Wildman–Crippen LogP) is 4.96. The van der Waals surface area contributed by atoms with Gasteiger partial charge in [0.2, 0.25) is 0 Å². The van der Waals surface area contributed by atoms with Gasteiger partial charge in [-0.1, -0.05) is 22.9 Å². The Bertz CT molecular complexity index is 1240. The van der Waals surface area contributed by atoms with Crippen LogP contribution in [0.3, 0.4) is 0 Å². The molecule has 8 nitrogen and oxygen atoms in total. The highest BCUT2D eigenvalue weighted by Gasteiger charge is 2.31. The number of hydrogen-bond donors (Lipinski definition) is 1. The molecule has 0 unspecified atom stereocenters. The topological polar surface area (TPSA) is 90.0 Å². The standard InChI is InChI=1S/C23H23ClF3N3O5S/c1-33-8-6-30(7-9-34-2)21(32)16-12-14(24)11-15(19(16)35-3)20(31)29-22-28-17-5-4-13(23(25,26)27)10-18(17)36-22/h4-5,10-12H,6-9H2,1-3H3,(H,28,29,31). The minimum atomic E-state index is -4.50. The first-order valence-electron chi connectivity index (χ1n) is 10.5. The number of amides is 2. The van der Waals surface area contributed by atoms with Crippen LogP contribution >= 0.6 is 22.9 Å². The quantitative estimate of drug-likeness (QED) is 0.387. The number of fused-ring (bicyclic) bond motifs is 1. The fraction of sp³-hybridized carbons (Fsp3) is 0.348. The summed E-state index contributed by atoms with van der Waals surface area (Å²) < 4.78 is 54.9. The van der Waals surface area contributed by atoms with Crippen molar-refractivity contribution in [3.05, 3.63) is 52.0 Å². The van der Waals surface area contributed by atoms with E-state index in [9.17, 15) is 22.8 Å². The van der Waals surface area contributed by atoms with E-state index < -0.39 is 23.6 Å². The number of anilines is 1. The van der Waals surface area contributed by atoms with Crippen molar-refractivity contribution in [2.24, 2.45) is 0 Å². The number of aromatic nitrogens is 1. The van der Waals surface area contributed by atoms with Crippen molar-refractivity contribution in [3.63, 3.8) is 0 Å². The molecule has 0 spiro atoms. The average Bonchev–Trinajstić information content (AvgIpc) is 3.24. The summed E-state index contributed by atoms with van der Waals surface area (Å²) in [6.07, 6.45) is -4.50. The van der Waals surface area contributed by atoms with Crippen LogP contribution < -0.4 is 10.1 Å². The summed E-state index contributed by atoms with van der Waals surface area (Å²) in [5, 5.41) is 2.74. The summed E-state index contributed by atoms with van der Waals surface area (Å²) in [4.78, 5) is 32.1. The molecule has 194 valence electrons. The number of nitrogens with one attached hydrogen (secondary N) is 1. The number of ether oxygens (including phenoxy) is 3. The van der Waals surface area contributed by atoms with Crippen molar-refractivity contribution in [1.82, 2.24) is 9.88 Å². The SMILES string of the molecule is COCCN(CCOC)C(=O)c1cc(Cl)cc(C(=O)Nc2nc3ccc(C(F)(F)F)cc3s2)c1OC. The molecule has 0 saturated carbocycles. The van der Waals surface area contributed by atoms with E-state index in [2.05, 4.69) is 10.3 Å². The third-order valence-corrected chi connectivity index (χ3v) is 6.24. The molecule has 0 bridgehead atoms. The number of nitrogens with zero attached hydrogens (tertiary/aromatic N) is 2. The van der Waals surface area contributed by atoms with Crippen LogP contribution in [0.25, 0.3) is 10.2 Å². The van der Waals surface area contributed by atoms with Crippen molar-refractivity contribution >= 4 is 50.1 Å². The molecule has 0 aliphatic carbocycles. The molecular formula is C23H23ClF3N3O5S. The zero-order valence-electron chi connectivity index (χ0n) is 19.6. The van der Waals surface area contributed by atoms with Crippen LogP contribution in [0.2, 0.25) is 5.02 Å². The maximum absolute atomic E-state index is 13.3. The van der Waals surface area contributed by atoms with Gasteiger partial charge in [0.05, 0.1) is 47.2 Å². The van der Waals surface area contributed by atoms with E-state index in [4.69, 9.17) is 25.8 Å². The molecule has 3 aromatic rings. The molecule has 1 heterocycles. The first-order chi connectivity index (χ1) is 17.1. The summed E-state index contributed by atoms with van der Waals surface area (Å²) in [6.45, 7) is 1.09. The molecule has 0 saturated heterocycles. The maximum Gasteiger partial charge on any atom is 0.416 e. The number of thiazole rings is 1. The Kier molecular flexibility index (Phi) is 9.12. The van der Waals surface area contributed by atoms with Crippen molar-refractivity contribution < 1.29 is 37.0 Å². The molecule has 0 radical (unpaired) electrons. The Hall–Kier alpha value is -2.93. The molecule has 2 amide bonds. The van der Waals surface area contributed by atoms with Gasteiger partial charge in [-0.2, -0.15) is 13.2 Å². The monoisotopic (exact) mass is 545 g/mol. The van der Waals surface area contributed by atoms with Gasteiger partial charge in [-0.05, 0) is 30.3 Å². The maximum atomic E-state index is 13.3. The van der Waals surface area contributed by atoms with E-state index in [-0.39, 0.29) is 58.0 Å². The smallest absolute Gasteiger partial charge is 0.416 e. The van der Waals surface area contributed by atoms with Crippen molar-refractivity contribution in [2.75, 3.05) is 52.9 Å². The third kappa shape index (κ3) is 6.44. The number of rotatable bonds is 10. The average molecular weight is 546 g/mol. The molecule has 13 heteroatoms. The van der Waals surface area contributed by atoms with Crippen LogP contribution in [0, 0.1) is 0 Å². The van der Waals surface area contributed by atoms with E-state index in [1.165, 1.54) is 44.4 Å². The summed E-state index contributed by atoms with van der Waals surface area (Å²) in [7, 11) is 4.32. The number of alkyl halides is 3. The van der Waals surface area contributed by atoms with Crippen LogP contribution in [0.15, 0.2) is 30.3 Å². The zero-order chi connectivity index (χ0) is 26.5. The van der Waals surface area contributed by atoms with E-state index >= 15 is 0 Å². The van der Waals surface area contributed by atoms with Gasteiger partial charge in [-0.15, -0.1) is 0 Å². The fourth-order valence-electron chi connectivity index (χ4n) is 3.35. The number of methoxy groups -OCH3 is 3. The Morgan fingerprint density at radius 3 is 2.28 bits per heavy atom. The van der Waals surface area contributed by atoms with Crippen LogP contribution in [0.1, 0.15) is 26.3 Å². The highest BCUT2D eigenvalue weighted by Crippen LogP contribution is 2.35. The van der Waals surface area contributed by atoms with Gasteiger partial charge in [0.1, 0.15) is 5.75 Å². The minimum absolute atomic E-state index is 0.0118. The molecular weight excluding hydrogens is 523 g/mol. The summed E-state index contributed by atoms with van der Waals surface area (Å²) >= 11 is 7.11. The van der Waals surface area contributed by atoms with Gasteiger partial charge in [0.25, 0.3) is 11.8 Å². The van der Waals surface area contributed by atoms with Crippen LogP contribution in [0.4, 0.5) is 18.3 Å². The first kappa shape index (κ1) is 27.7. The Morgan fingerprint density at radius 1 is 1.06 bits per heavy atom. The van der Waals surface area contributed by atoms with Crippen molar-refractivity contribution in [3.8, 4) is 5.75 Å². The first-order valence-corrected chi connectivity index (χ1v) is 11.7. The van der Waals surface area contributed by atoms with Gasteiger partial charge in [0, 0.05) is 32.3 Å². The molecule has 0 atom stereocenters. The number of halogens is 4. The Balaban J connectivity index is 1.93. The van der Waals surface area contributed by atoms with Gasteiger partial charge in [-0.3, -0.25) is 14.9 Å². The lowest BCUT2D eigenvalue weighted by molar-refractivity contribution is -0.137. The Morgan fingerprint density at radius 2 is 1.69 bits per heavy atom. The van der Waals surface area contributed by atoms with E-state index in [0.717, 1.165) is 23.5 Å². The van der Waals surface area contributed by atoms with Gasteiger partial charge in [0.15, 0.2) is 5.13 Å². The van der Waals surface area contributed by atoms with Crippen molar-refractivity contribution in [1.29, 1.82) is 0 Å². The fourth-order valence-corrected chi connectivity index (χ4v) is 4.47. The summed E-state index contributed by atoms with van der Waals surface area (Å²) in [5.41, 5.74) is -0.504. The van der Waals surface area contributed by atoms with Gasteiger partial charge in [-0.25, -0.2) is 4.98 Å².